The van der Waals surface area contributed by atoms with E-state index in [9.17, 15) is 4.39 Å². The molecule has 1 unspecified atom stereocenters. The topological polar surface area (TPSA) is 38.5 Å². The van der Waals surface area contributed by atoms with E-state index in [4.69, 9.17) is 10.5 Å². The second-order valence-corrected chi connectivity index (χ2v) is 5.90. The fraction of sp³-hybridized carbons (Fsp3) is 0.625. The summed E-state index contributed by atoms with van der Waals surface area (Å²) in [5.74, 6) is -0.0584. The summed E-state index contributed by atoms with van der Waals surface area (Å²) in [6.07, 6.45) is 5.56. The lowest BCUT2D eigenvalue weighted by Gasteiger charge is -2.47. The van der Waals surface area contributed by atoms with Crippen molar-refractivity contribution in [2.24, 2.45) is 5.73 Å². The molecular weight excluding hydrogens is 255 g/mol. The van der Waals surface area contributed by atoms with Crippen molar-refractivity contribution in [3.05, 3.63) is 29.6 Å². The van der Waals surface area contributed by atoms with Gasteiger partial charge in [-0.15, -0.1) is 0 Å². The quantitative estimate of drug-likeness (QED) is 0.921. The molecule has 3 nitrogen and oxygen atoms in total. The summed E-state index contributed by atoms with van der Waals surface area (Å²) in [7, 11) is 5.57. The van der Waals surface area contributed by atoms with Gasteiger partial charge in [0.05, 0.1) is 13.2 Å². The lowest BCUT2D eigenvalue weighted by atomic mass is 9.73. The van der Waals surface area contributed by atoms with Gasteiger partial charge in [0.25, 0.3) is 0 Å². The summed E-state index contributed by atoms with van der Waals surface area (Å²) in [6.45, 7) is 0. The van der Waals surface area contributed by atoms with E-state index in [1.54, 1.807) is 12.1 Å². The van der Waals surface area contributed by atoms with Gasteiger partial charge in [-0.25, -0.2) is 4.39 Å². The van der Waals surface area contributed by atoms with Gasteiger partial charge in [-0.2, -0.15) is 0 Å². The highest BCUT2D eigenvalue weighted by molar-refractivity contribution is 5.34. The third-order valence-corrected chi connectivity index (χ3v) is 4.74. The second kappa shape index (κ2) is 6.10. The molecule has 0 bridgehead atoms. The maximum absolute atomic E-state index is 14.5. The van der Waals surface area contributed by atoms with Crippen molar-refractivity contribution in [2.75, 3.05) is 21.2 Å². The monoisotopic (exact) mass is 280 g/mol. The minimum absolute atomic E-state index is 0.161. The average Bonchev–Trinajstić information content (AvgIpc) is 2.47. The molecule has 0 heterocycles. The van der Waals surface area contributed by atoms with Crippen LogP contribution in [0.15, 0.2) is 18.2 Å². The first kappa shape index (κ1) is 15.3. The third kappa shape index (κ3) is 2.54. The predicted molar refractivity (Wildman–Crippen MR) is 79.4 cm³/mol. The average molecular weight is 280 g/mol. The van der Waals surface area contributed by atoms with Gasteiger partial charge in [0.15, 0.2) is 11.6 Å². The van der Waals surface area contributed by atoms with Crippen LogP contribution in [0.2, 0.25) is 0 Å². The van der Waals surface area contributed by atoms with E-state index in [1.807, 2.05) is 20.2 Å². The molecule has 2 N–H and O–H groups in total. The number of hydrogen-bond donors (Lipinski definition) is 1. The molecule has 0 aromatic heterocycles. The Morgan fingerprint density at radius 1 is 1.25 bits per heavy atom. The van der Waals surface area contributed by atoms with Gasteiger partial charge in [-0.3, -0.25) is 0 Å². The van der Waals surface area contributed by atoms with Crippen molar-refractivity contribution < 1.29 is 9.13 Å². The number of methoxy groups -OCH3 is 1. The van der Waals surface area contributed by atoms with Crippen molar-refractivity contribution in [3.8, 4) is 5.75 Å². The lowest BCUT2D eigenvalue weighted by Crippen LogP contribution is -2.53. The van der Waals surface area contributed by atoms with Crippen LogP contribution in [0.4, 0.5) is 4.39 Å². The van der Waals surface area contributed by atoms with Crippen LogP contribution in [0, 0.1) is 5.82 Å². The van der Waals surface area contributed by atoms with E-state index in [1.165, 1.54) is 13.5 Å². The molecule has 2 rings (SSSR count). The number of nitrogens with zero attached hydrogens (tertiary/aromatic N) is 1. The Morgan fingerprint density at radius 3 is 2.45 bits per heavy atom. The van der Waals surface area contributed by atoms with Crippen LogP contribution < -0.4 is 10.5 Å². The van der Waals surface area contributed by atoms with Crippen LogP contribution in [0.5, 0.6) is 5.75 Å². The Kier molecular flexibility index (Phi) is 4.66. The van der Waals surface area contributed by atoms with Crippen LogP contribution in [0.25, 0.3) is 0 Å². The predicted octanol–water partition coefficient (Wildman–Crippen LogP) is 3.10. The number of ether oxygens (including phenoxy) is 1. The highest BCUT2D eigenvalue weighted by atomic mass is 19.1. The molecule has 20 heavy (non-hydrogen) atoms. The summed E-state index contributed by atoms with van der Waals surface area (Å²) in [5, 5.41) is 0. The molecular formula is C16H25FN2O. The molecule has 1 aromatic rings. The Labute approximate surface area is 120 Å². The number of halogens is 1. The standard InChI is InChI=1S/C16H25FN2O/c1-19(2)16(10-5-4-6-11-16)15(18)12-8-7-9-13(20-3)14(12)17/h7-9,15H,4-6,10-11,18H2,1-3H3. The molecule has 1 atom stereocenters. The third-order valence-electron chi connectivity index (χ3n) is 4.74. The van der Waals surface area contributed by atoms with Crippen molar-refractivity contribution in [2.45, 2.75) is 43.7 Å². The minimum atomic E-state index is -0.340. The summed E-state index contributed by atoms with van der Waals surface area (Å²) in [5.41, 5.74) is 6.89. The summed E-state index contributed by atoms with van der Waals surface area (Å²) < 4.78 is 19.6. The van der Waals surface area contributed by atoms with E-state index < -0.39 is 0 Å². The second-order valence-electron chi connectivity index (χ2n) is 5.90. The minimum Gasteiger partial charge on any atom is -0.494 e. The Bertz CT molecular complexity index is 456. The van der Waals surface area contributed by atoms with Crippen LogP contribution >= 0.6 is 0 Å². The van der Waals surface area contributed by atoms with Crippen LogP contribution in [-0.4, -0.2) is 31.6 Å². The number of rotatable bonds is 4. The van der Waals surface area contributed by atoms with Crippen LogP contribution in [0.3, 0.4) is 0 Å². The molecule has 1 aliphatic rings. The van der Waals surface area contributed by atoms with Crippen molar-refractivity contribution in [1.82, 2.24) is 4.90 Å². The molecule has 1 saturated carbocycles. The molecule has 0 radical (unpaired) electrons. The largest absolute Gasteiger partial charge is 0.494 e. The number of nitrogens with two attached hydrogens (primary N) is 1. The molecule has 1 fully saturated rings. The number of likely N-dealkylation sites (N-methyl/N-ethyl adjacent to an activating group) is 1. The van der Waals surface area contributed by atoms with Gasteiger partial charge < -0.3 is 15.4 Å². The first-order valence-electron chi connectivity index (χ1n) is 7.28. The van der Waals surface area contributed by atoms with Gasteiger partial charge >= 0.3 is 0 Å². The van der Waals surface area contributed by atoms with Crippen molar-refractivity contribution in [1.29, 1.82) is 0 Å². The first-order chi connectivity index (χ1) is 9.53. The van der Waals surface area contributed by atoms with E-state index in [0.29, 0.717) is 5.56 Å². The van der Waals surface area contributed by atoms with Gasteiger partial charge in [0.1, 0.15) is 0 Å². The zero-order valence-corrected chi connectivity index (χ0v) is 12.7. The smallest absolute Gasteiger partial charge is 0.169 e. The molecule has 1 aliphatic carbocycles. The molecule has 0 aliphatic heterocycles. The Morgan fingerprint density at radius 2 is 1.90 bits per heavy atom. The number of benzene rings is 1. The first-order valence-corrected chi connectivity index (χ1v) is 7.28. The number of hydrogen-bond acceptors (Lipinski definition) is 3. The molecule has 112 valence electrons. The van der Waals surface area contributed by atoms with E-state index >= 15 is 0 Å². The van der Waals surface area contributed by atoms with E-state index in [2.05, 4.69) is 4.90 Å². The lowest BCUT2D eigenvalue weighted by molar-refractivity contribution is 0.0699. The highest BCUT2D eigenvalue weighted by Crippen LogP contribution is 2.42. The molecule has 0 amide bonds. The highest BCUT2D eigenvalue weighted by Gasteiger charge is 2.41. The maximum Gasteiger partial charge on any atom is 0.169 e. The zero-order valence-electron chi connectivity index (χ0n) is 12.7. The van der Waals surface area contributed by atoms with Gasteiger partial charge in [0.2, 0.25) is 0 Å². The summed E-state index contributed by atoms with van der Waals surface area (Å²) >= 11 is 0. The fourth-order valence-electron chi connectivity index (χ4n) is 3.42. The van der Waals surface area contributed by atoms with E-state index in [0.717, 1.165) is 25.7 Å². The summed E-state index contributed by atoms with van der Waals surface area (Å²) in [4.78, 5) is 2.18. The maximum atomic E-state index is 14.5. The Balaban J connectivity index is 2.40. The van der Waals surface area contributed by atoms with Crippen molar-refractivity contribution >= 4 is 0 Å². The Hall–Kier alpha value is -1.13. The van der Waals surface area contributed by atoms with Crippen LogP contribution in [0.1, 0.15) is 43.7 Å². The molecule has 0 spiro atoms. The summed E-state index contributed by atoms with van der Waals surface area (Å²) in [6, 6.07) is 4.88. The zero-order chi connectivity index (χ0) is 14.8. The van der Waals surface area contributed by atoms with Gasteiger partial charge in [0, 0.05) is 11.1 Å². The van der Waals surface area contributed by atoms with Crippen molar-refractivity contribution in [3.63, 3.8) is 0 Å². The molecule has 1 aromatic carbocycles. The van der Waals surface area contributed by atoms with E-state index in [-0.39, 0.29) is 23.1 Å². The SMILES string of the molecule is COc1cccc(C(N)C2(N(C)C)CCCCC2)c1F. The fourth-order valence-corrected chi connectivity index (χ4v) is 3.42. The van der Waals surface area contributed by atoms with Crippen LogP contribution in [-0.2, 0) is 0 Å². The van der Waals surface area contributed by atoms with Gasteiger partial charge in [-0.05, 0) is 33.0 Å². The normalized spacial score (nSPS) is 19.9. The molecule has 0 saturated heterocycles. The molecule has 4 heteroatoms. The van der Waals surface area contributed by atoms with Gasteiger partial charge in [-0.1, -0.05) is 31.4 Å².